The number of likely N-dealkylation sites (tertiary alicyclic amines) is 1. The lowest BCUT2D eigenvalue weighted by atomic mass is 10.4. The fourth-order valence-corrected chi connectivity index (χ4v) is 2.09. The Labute approximate surface area is 103 Å². The molecule has 2 N–H and O–H groups in total. The maximum Gasteiger partial charge on any atom is 0.331 e. The average Bonchev–Trinajstić information content (AvgIpc) is 2.85. The number of nitrogens with two attached hydrogens (primary N) is 1. The number of carbonyl (C=O) groups excluding carboxylic acids is 1. The molecule has 1 amide bonds. The van der Waals surface area contributed by atoms with E-state index < -0.39 is 11.2 Å². The van der Waals surface area contributed by atoms with E-state index in [1.165, 1.54) is 17.8 Å². The van der Waals surface area contributed by atoms with E-state index in [0.29, 0.717) is 13.1 Å². The molecular weight excluding hydrogens is 236 g/mol. The molecule has 1 saturated heterocycles. The highest BCUT2D eigenvalue weighted by atomic mass is 16.2. The minimum atomic E-state index is -0.606. The minimum Gasteiger partial charge on any atom is -0.393 e. The number of nitrogen functional groups attached to an aromatic ring is 1. The molecule has 7 nitrogen and oxygen atoms in total. The normalized spacial score (nSPS) is 15.1. The lowest BCUT2D eigenvalue weighted by Crippen LogP contribution is -2.44. The fraction of sp³-hybridized carbons (Fsp3) is 0.545. The molecule has 1 fully saturated rings. The Kier molecular flexibility index (Phi) is 3.22. The van der Waals surface area contributed by atoms with Crippen molar-refractivity contribution in [2.45, 2.75) is 19.4 Å². The second-order valence-corrected chi connectivity index (χ2v) is 4.46. The van der Waals surface area contributed by atoms with Gasteiger partial charge in [0.05, 0.1) is 0 Å². The molecule has 0 spiro atoms. The van der Waals surface area contributed by atoms with E-state index in [-0.39, 0.29) is 18.1 Å². The Morgan fingerprint density at radius 2 is 1.94 bits per heavy atom. The number of hydrogen-bond donors (Lipinski definition) is 1. The van der Waals surface area contributed by atoms with Gasteiger partial charge in [-0.2, -0.15) is 0 Å². The van der Waals surface area contributed by atoms with Gasteiger partial charge in [0, 0.05) is 26.3 Å². The van der Waals surface area contributed by atoms with Gasteiger partial charge in [0.1, 0.15) is 12.2 Å². The van der Waals surface area contributed by atoms with Gasteiger partial charge in [-0.25, -0.2) is 9.36 Å². The van der Waals surface area contributed by atoms with E-state index in [0.717, 1.165) is 17.4 Å². The van der Waals surface area contributed by atoms with Crippen LogP contribution in [0, 0.1) is 0 Å². The summed E-state index contributed by atoms with van der Waals surface area (Å²) in [5, 5.41) is 0. The first-order valence-electron chi connectivity index (χ1n) is 5.84. The van der Waals surface area contributed by atoms with E-state index in [4.69, 9.17) is 5.73 Å². The Balaban J connectivity index is 2.31. The molecule has 0 atom stereocenters. The van der Waals surface area contributed by atoms with E-state index in [2.05, 4.69) is 0 Å². The fourth-order valence-electron chi connectivity index (χ4n) is 2.09. The predicted octanol–water partition coefficient (Wildman–Crippen LogP) is -1.25. The number of hydrogen-bond acceptors (Lipinski definition) is 4. The van der Waals surface area contributed by atoms with Crippen LogP contribution in [0.25, 0.3) is 0 Å². The van der Waals surface area contributed by atoms with Gasteiger partial charge in [0.15, 0.2) is 0 Å². The smallest absolute Gasteiger partial charge is 0.331 e. The second-order valence-electron chi connectivity index (χ2n) is 4.46. The van der Waals surface area contributed by atoms with Crippen LogP contribution in [-0.2, 0) is 18.4 Å². The first-order chi connectivity index (χ1) is 8.50. The van der Waals surface area contributed by atoms with Gasteiger partial charge in [-0.05, 0) is 12.8 Å². The Morgan fingerprint density at radius 1 is 1.33 bits per heavy atom. The van der Waals surface area contributed by atoms with E-state index >= 15 is 0 Å². The first kappa shape index (κ1) is 12.4. The molecular formula is C11H16N4O3. The molecule has 2 rings (SSSR count). The maximum absolute atomic E-state index is 11.9. The Morgan fingerprint density at radius 3 is 2.56 bits per heavy atom. The van der Waals surface area contributed by atoms with Gasteiger partial charge in [-0.15, -0.1) is 0 Å². The molecule has 0 bridgehead atoms. The first-order valence-corrected chi connectivity index (χ1v) is 5.84. The van der Waals surface area contributed by atoms with Crippen molar-refractivity contribution in [3.8, 4) is 0 Å². The quantitative estimate of drug-likeness (QED) is 0.712. The highest BCUT2D eigenvalue weighted by molar-refractivity contribution is 5.76. The van der Waals surface area contributed by atoms with Gasteiger partial charge in [-0.1, -0.05) is 0 Å². The van der Waals surface area contributed by atoms with Crippen LogP contribution >= 0.6 is 0 Å². The molecule has 98 valence electrons. The van der Waals surface area contributed by atoms with Crippen molar-refractivity contribution in [2.24, 2.45) is 7.05 Å². The molecule has 1 aromatic rings. The van der Waals surface area contributed by atoms with Crippen molar-refractivity contribution >= 4 is 11.6 Å². The van der Waals surface area contributed by atoms with Crippen molar-refractivity contribution in [2.75, 3.05) is 18.8 Å². The number of nitrogens with zero attached hydrogens (tertiary/aromatic N) is 3. The van der Waals surface area contributed by atoms with Crippen LogP contribution in [0.1, 0.15) is 12.8 Å². The molecule has 18 heavy (non-hydrogen) atoms. The van der Waals surface area contributed by atoms with Crippen molar-refractivity contribution in [3.63, 3.8) is 0 Å². The summed E-state index contributed by atoms with van der Waals surface area (Å²) in [6, 6.07) is 0. The zero-order valence-electron chi connectivity index (χ0n) is 10.3. The predicted molar refractivity (Wildman–Crippen MR) is 66.2 cm³/mol. The molecule has 1 aliphatic heterocycles. The Bertz CT molecular complexity index is 547. The topological polar surface area (TPSA) is 90.3 Å². The lowest BCUT2D eigenvalue weighted by molar-refractivity contribution is -0.130. The van der Waals surface area contributed by atoms with Crippen molar-refractivity contribution in [1.29, 1.82) is 0 Å². The molecule has 0 aliphatic carbocycles. The van der Waals surface area contributed by atoms with Gasteiger partial charge in [0.2, 0.25) is 5.91 Å². The standard InChI is InChI=1S/C11H16N4O3/c1-13-6-8(12)10(17)15(11(13)18)7-9(16)14-4-2-3-5-14/h6H,2-5,7,12H2,1H3. The van der Waals surface area contributed by atoms with Gasteiger partial charge in [0.25, 0.3) is 5.56 Å². The highest BCUT2D eigenvalue weighted by Gasteiger charge is 2.20. The highest BCUT2D eigenvalue weighted by Crippen LogP contribution is 2.07. The summed E-state index contributed by atoms with van der Waals surface area (Å²) in [6.07, 6.45) is 3.20. The molecule has 0 radical (unpaired) electrons. The number of rotatable bonds is 2. The van der Waals surface area contributed by atoms with Crippen LogP contribution in [0.2, 0.25) is 0 Å². The number of anilines is 1. The average molecular weight is 252 g/mol. The van der Waals surface area contributed by atoms with Crippen LogP contribution in [-0.4, -0.2) is 33.0 Å². The molecule has 1 aromatic heterocycles. The number of carbonyl (C=O) groups is 1. The summed E-state index contributed by atoms with van der Waals surface area (Å²) in [4.78, 5) is 37.1. The summed E-state index contributed by atoms with van der Waals surface area (Å²) in [7, 11) is 1.50. The number of aromatic nitrogens is 2. The third-order valence-electron chi connectivity index (χ3n) is 3.11. The van der Waals surface area contributed by atoms with Crippen LogP contribution < -0.4 is 17.0 Å². The molecule has 7 heteroatoms. The maximum atomic E-state index is 11.9. The molecule has 2 heterocycles. The van der Waals surface area contributed by atoms with Crippen LogP contribution in [0.3, 0.4) is 0 Å². The van der Waals surface area contributed by atoms with Crippen molar-refractivity contribution in [3.05, 3.63) is 27.0 Å². The summed E-state index contributed by atoms with van der Waals surface area (Å²) in [5.41, 5.74) is 4.33. The molecule has 0 aromatic carbocycles. The summed E-state index contributed by atoms with van der Waals surface area (Å²) >= 11 is 0. The van der Waals surface area contributed by atoms with Crippen LogP contribution in [0.5, 0.6) is 0 Å². The Hall–Kier alpha value is -2.05. The van der Waals surface area contributed by atoms with Gasteiger partial charge < -0.3 is 15.2 Å². The van der Waals surface area contributed by atoms with E-state index in [1.54, 1.807) is 4.90 Å². The van der Waals surface area contributed by atoms with Gasteiger partial charge >= 0.3 is 5.69 Å². The summed E-state index contributed by atoms with van der Waals surface area (Å²) in [5.74, 6) is -0.211. The van der Waals surface area contributed by atoms with E-state index in [9.17, 15) is 14.4 Å². The van der Waals surface area contributed by atoms with E-state index in [1.807, 2.05) is 0 Å². The SMILES string of the molecule is Cn1cc(N)c(=O)n(CC(=O)N2CCCC2)c1=O. The summed E-state index contributed by atoms with van der Waals surface area (Å²) in [6.45, 7) is 1.14. The van der Waals surface area contributed by atoms with Crippen molar-refractivity contribution < 1.29 is 4.79 Å². The lowest BCUT2D eigenvalue weighted by Gasteiger charge is -2.16. The van der Waals surface area contributed by atoms with Crippen LogP contribution in [0.4, 0.5) is 5.69 Å². The molecule has 1 aliphatic rings. The monoisotopic (exact) mass is 252 g/mol. The third-order valence-corrected chi connectivity index (χ3v) is 3.11. The van der Waals surface area contributed by atoms with Gasteiger partial charge in [-0.3, -0.25) is 9.59 Å². The van der Waals surface area contributed by atoms with Crippen LogP contribution in [0.15, 0.2) is 15.8 Å². The zero-order chi connectivity index (χ0) is 13.3. The number of amides is 1. The molecule has 0 saturated carbocycles. The largest absolute Gasteiger partial charge is 0.393 e. The number of aryl methyl sites for hydroxylation is 1. The minimum absolute atomic E-state index is 0.0358. The van der Waals surface area contributed by atoms with Crippen molar-refractivity contribution in [1.82, 2.24) is 14.0 Å². The zero-order valence-corrected chi connectivity index (χ0v) is 10.3. The molecule has 0 unspecified atom stereocenters. The second kappa shape index (κ2) is 4.67. The summed E-state index contributed by atoms with van der Waals surface area (Å²) < 4.78 is 2.09. The third kappa shape index (κ3) is 2.15.